The van der Waals surface area contributed by atoms with Gasteiger partial charge in [-0.3, -0.25) is 9.69 Å². The van der Waals surface area contributed by atoms with Crippen LogP contribution in [0.25, 0.3) is 0 Å². The molecule has 0 spiro atoms. The largest absolute Gasteiger partial charge is 0.325 e. The summed E-state index contributed by atoms with van der Waals surface area (Å²) < 4.78 is 0. The molecule has 0 aromatic heterocycles. The van der Waals surface area contributed by atoms with E-state index >= 15 is 0 Å². The minimum absolute atomic E-state index is 0.0409. The molecule has 138 valence electrons. The molecule has 3 rings (SSSR count). The van der Waals surface area contributed by atoms with E-state index < -0.39 is 0 Å². The Morgan fingerprint density at radius 3 is 2.35 bits per heavy atom. The number of hydrogen-bond donors (Lipinski definition) is 1. The van der Waals surface area contributed by atoms with Crippen LogP contribution in [-0.2, 0) is 11.3 Å². The summed E-state index contributed by atoms with van der Waals surface area (Å²) in [6.45, 7) is 5.76. The predicted octanol–water partition coefficient (Wildman–Crippen LogP) is 4.14. The first-order valence-electron chi connectivity index (χ1n) is 8.84. The number of anilines is 1. The molecule has 6 heteroatoms. The molecule has 0 aliphatic carbocycles. The van der Waals surface area contributed by atoms with Crippen LogP contribution in [0.1, 0.15) is 12.0 Å². The summed E-state index contributed by atoms with van der Waals surface area (Å²) in [6.07, 6.45) is 0.446. The molecule has 1 amide bonds. The SMILES string of the molecule is O=C(CCN1CCN(Cc2ccccc2)CC1)Nc1cccc(Cl)c1Cl. The number of hydrogen-bond acceptors (Lipinski definition) is 3. The zero-order valence-corrected chi connectivity index (χ0v) is 16.1. The van der Waals surface area contributed by atoms with Crippen molar-refractivity contribution in [3.05, 3.63) is 64.1 Å². The normalized spacial score (nSPS) is 15.8. The lowest BCUT2D eigenvalue weighted by molar-refractivity contribution is -0.116. The Morgan fingerprint density at radius 2 is 1.62 bits per heavy atom. The molecule has 2 aromatic carbocycles. The topological polar surface area (TPSA) is 35.6 Å². The van der Waals surface area contributed by atoms with Crippen LogP contribution in [0.15, 0.2) is 48.5 Å². The average Bonchev–Trinajstić information content (AvgIpc) is 2.66. The molecule has 1 aliphatic heterocycles. The summed E-state index contributed by atoms with van der Waals surface area (Å²) in [6, 6.07) is 15.8. The zero-order chi connectivity index (χ0) is 18.4. The van der Waals surface area contributed by atoms with E-state index in [0.717, 1.165) is 39.3 Å². The van der Waals surface area contributed by atoms with Crippen molar-refractivity contribution >= 4 is 34.8 Å². The van der Waals surface area contributed by atoms with Gasteiger partial charge in [-0.05, 0) is 17.7 Å². The Bertz CT molecular complexity index is 731. The molecule has 26 heavy (non-hydrogen) atoms. The quantitative estimate of drug-likeness (QED) is 0.803. The lowest BCUT2D eigenvalue weighted by Gasteiger charge is -2.34. The van der Waals surface area contributed by atoms with E-state index in [2.05, 4.69) is 39.4 Å². The van der Waals surface area contributed by atoms with Crippen molar-refractivity contribution in [3.8, 4) is 0 Å². The van der Waals surface area contributed by atoms with Crippen LogP contribution in [0.5, 0.6) is 0 Å². The minimum Gasteiger partial charge on any atom is -0.325 e. The van der Waals surface area contributed by atoms with Crippen LogP contribution in [0.2, 0.25) is 10.0 Å². The molecule has 1 N–H and O–H groups in total. The van der Waals surface area contributed by atoms with Crippen molar-refractivity contribution in [2.75, 3.05) is 38.0 Å². The summed E-state index contributed by atoms with van der Waals surface area (Å²) in [7, 11) is 0. The predicted molar refractivity (Wildman–Crippen MR) is 108 cm³/mol. The van der Waals surface area contributed by atoms with Crippen molar-refractivity contribution in [3.63, 3.8) is 0 Å². The van der Waals surface area contributed by atoms with Crippen LogP contribution in [0.3, 0.4) is 0 Å². The molecular weight excluding hydrogens is 369 g/mol. The standard InChI is InChI=1S/C20H23Cl2N3O/c21-17-7-4-8-18(20(17)22)23-19(26)9-10-24-11-13-25(14-12-24)15-16-5-2-1-3-6-16/h1-8H,9-15H2,(H,23,26). The van der Waals surface area contributed by atoms with Gasteiger partial charge in [0, 0.05) is 45.7 Å². The minimum atomic E-state index is -0.0409. The number of nitrogens with one attached hydrogen (secondary N) is 1. The van der Waals surface area contributed by atoms with Gasteiger partial charge in [-0.15, -0.1) is 0 Å². The van der Waals surface area contributed by atoms with Gasteiger partial charge >= 0.3 is 0 Å². The van der Waals surface area contributed by atoms with Gasteiger partial charge in [0.05, 0.1) is 15.7 Å². The molecule has 0 unspecified atom stereocenters. The smallest absolute Gasteiger partial charge is 0.225 e. The Balaban J connectivity index is 1.39. The summed E-state index contributed by atoms with van der Waals surface area (Å²) >= 11 is 12.1. The summed E-state index contributed by atoms with van der Waals surface area (Å²) in [5, 5.41) is 3.67. The maximum absolute atomic E-state index is 12.2. The number of piperazine rings is 1. The van der Waals surface area contributed by atoms with E-state index in [4.69, 9.17) is 23.2 Å². The second-order valence-corrected chi connectivity index (χ2v) is 7.29. The number of benzene rings is 2. The number of nitrogens with zero attached hydrogens (tertiary/aromatic N) is 2. The maximum Gasteiger partial charge on any atom is 0.225 e. The molecule has 2 aromatic rings. The summed E-state index contributed by atoms with van der Waals surface area (Å²) in [5.41, 5.74) is 1.91. The van der Waals surface area contributed by atoms with Crippen molar-refractivity contribution < 1.29 is 4.79 Å². The third-order valence-electron chi connectivity index (χ3n) is 4.59. The van der Waals surface area contributed by atoms with Gasteiger partial charge < -0.3 is 10.2 Å². The van der Waals surface area contributed by atoms with E-state index in [1.54, 1.807) is 18.2 Å². The van der Waals surface area contributed by atoms with Crippen LogP contribution in [-0.4, -0.2) is 48.4 Å². The van der Waals surface area contributed by atoms with Gasteiger partial charge in [-0.25, -0.2) is 0 Å². The van der Waals surface area contributed by atoms with Crippen LogP contribution in [0, 0.1) is 0 Å². The molecule has 1 heterocycles. The number of amides is 1. The summed E-state index contributed by atoms with van der Waals surface area (Å²) in [4.78, 5) is 17.0. The van der Waals surface area contributed by atoms with Gasteiger partial charge in [0.2, 0.25) is 5.91 Å². The van der Waals surface area contributed by atoms with Crippen LogP contribution in [0.4, 0.5) is 5.69 Å². The first-order chi connectivity index (χ1) is 12.6. The molecule has 4 nitrogen and oxygen atoms in total. The molecular formula is C20H23Cl2N3O. The third kappa shape index (κ3) is 5.45. The number of carbonyl (C=O) groups excluding carboxylic acids is 1. The van der Waals surface area contributed by atoms with E-state index in [1.807, 2.05) is 6.07 Å². The third-order valence-corrected chi connectivity index (χ3v) is 5.41. The fourth-order valence-corrected chi connectivity index (χ4v) is 3.43. The van der Waals surface area contributed by atoms with Crippen LogP contribution >= 0.6 is 23.2 Å². The van der Waals surface area contributed by atoms with Crippen molar-refractivity contribution in [1.82, 2.24) is 9.80 Å². The van der Waals surface area contributed by atoms with Gasteiger partial charge in [-0.2, -0.15) is 0 Å². The zero-order valence-electron chi connectivity index (χ0n) is 14.6. The highest BCUT2D eigenvalue weighted by atomic mass is 35.5. The van der Waals surface area contributed by atoms with Gasteiger partial charge in [-0.1, -0.05) is 59.6 Å². The van der Waals surface area contributed by atoms with Gasteiger partial charge in [0.15, 0.2) is 0 Å². The number of rotatable bonds is 6. The highest BCUT2D eigenvalue weighted by Gasteiger charge is 2.18. The lowest BCUT2D eigenvalue weighted by atomic mass is 10.2. The van der Waals surface area contributed by atoms with E-state index in [1.165, 1.54) is 5.56 Å². The number of halogens is 2. The first-order valence-corrected chi connectivity index (χ1v) is 9.60. The van der Waals surface area contributed by atoms with E-state index in [9.17, 15) is 4.79 Å². The first kappa shape index (κ1) is 19.2. The Labute approximate surface area is 164 Å². The molecule has 0 bridgehead atoms. The van der Waals surface area contributed by atoms with Crippen molar-refractivity contribution in [1.29, 1.82) is 0 Å². The van der Waals surface area contributed by atoms with Crippen molar-refractivity contribution in [2.45, 2.75) is 13.0 Å². The second-order valence-electron chi connectivity index (χ2n) is 6.50. The van der Waals surface area contributed by atoms with Crippen LogP contribution < -0.4 is 5.32 Å². The second kappa shape index (κ2) is 9.38. The molecule has 0 radical (unpaired) electrons. The van der Waals surface area contributed by atoms with Crippen molar-refractivity contribution in [2.24, 2.45) is 0 Å². The van der Waals surface area contributed by atoms with E-state index in [-0.39, 0.29) is 5.91 Å². The molecule has 1 aliphatic rings. The molecule has 1 fully saturated rings. The van der Waals surface area contributed by atoms with E-state index in [0.29, 0.717) is 22.2 Å². The Kier molecular flexibility index (Phi) is 6.92. The molecule has 1 saturated heterocycles. The Hall–Kier alpha value is -1.59. The molecule has 0 atom stereocenters. The summed E-state index contributed by atoms with van der Waals surface area (Å²) in [5.74, 6) is -0.0409. The Morgan fingerprint density at radius 1 is 0.923 bits per heavy atom. The number of carbonyl (C=O) groups is 1. The molecule has 0 saturated carbocycles. The fourth-order valence-electron chi connectivity index (χ4n) is 3.09. The average molecular weight is 392 g/mol. The highest BCUT2D eigenvalue weighted by molar-refractivity contribution is 6.43. The van der Waals surface area contributed by atoms with Gasteiger partial charge in [0.25, 0.3) is 0 Å². The maximum atomic E-state index is 12.2. The highest BCUT2D eigenvalue weighted by Crippen LogP contribution is 2.29. The fraction of sp³-hybridized carbons (Fsp3) is 0.350. The lowest BCUT2D eigenvalue weighted by Crippen LogP contribution is -2.46. The van der Waals surface area contributed by atoms with Gasteiger partial charge in [0.1, 0.15) is 0 Å². The monoisotopic (exact) mass is 391 g/mol.